The van der Waals surface area contributed by atoms with Crippen LogP contribution >= 0.6 is 0 Å². The van der Waals surface area contributed by atoms with E-state index in [0.29, 0.717) is 11.1 Å². The molecule has 6 heteroatoms. The summed E-state index contributed by atoms with van der Waals surface area (Å²) >= 11 is 0. The second-order valence-electron chi connectivity index (χ2n) is 3.90. The summed E-state index contributed by atoms with van der Waals surface area (Å²) in [6.45, 7) is 0.146. The van der Waals surface area contributed by atoms with Crippen molar-refractivity contribution >= 4 is 11.8 Å². The van der Waals surface area contributed by atoms with Crippen molar-refractivity contribution in [1.82, 2.24) is 15.2 Å². The topological polar surface area (TPSA) is 88.3 Å². The Morgan fingerprint density at radius 3 is 2.84 bits per heavy atom. The molecule has 0 spiro atoms. The Bertz CT molecular complexity index is 529. The van der Waals surface area contributed by atoms with E-state index in [9.17, 15) is 9.59 Å². The molecule has 0 aromatic carbocycles. The number of likely N-dealkylation sites (N-methyl/N-ethyl adjacent to an activating group) is 1. The van der Waals surface area contributed by atoms with Crippen LogP contribution in [0.5, 0.6) is 0 Å². The third-order valence-electron chi connectivity index (χ3n) is 2.29. The van der Waals surface area contributed by atoms with Crippen LogP contribution in [0.1, 0.15) is 15.9 Å². The zero-order valence-electron chi connectivity index (χ0n) is 10.9. The molecule has 0 aliphatic carbocycles. The van der Waals surface area contributed by atoms with Crippen LogP contribution in [0.3, 0.4) is 0 Å². The summed E-state index contributed by atoms with van der Waals surface area (Å²) in [7, 11) is 3.25. The Labute approximate surface area is 112 Å². The summed E-state index contributed by atoms with van der Waals surface area (Å²) in [6, 6.07) is 1.55. The van der Waals surface area contributed by atoms with Crippen molar-refractivity contribution in [1.29, 1.82) is 0 Å². The van der Waals surface area contributed by atoms with Gasteiger partial charge in [0.15, 0.2) is 0 Å². The highest BCUT2D eigenvalue weighted by Gasteiger charge is 2.12. The van der Waals surface area contributed by atoms with Crippen molar-refractivity contribution in [2.24, 2.45) is 5.73 Å². The van der Waals surface area contributed by atoms with Gasteiger partial charge < -0.3 is 16.0 Å². The molecule has 0 aliphatic heterocycles. The molecule has 1 aromatic rings. The molecule has 0 saturated carbocycles. The predicted octanol–water partition coefficient (Wildman–Crippen LogP) is -0.790. The van der Waals surface area contributed by atoms with Crippen molar-refractivity contribution in [2.45, 2.75) is 0 Å². The molecule has 0 saturated heterocycles. The average molecular weight is 260 g/mol. The molecule has 0 fully saturated rings. The van der Waals surface area contributed by atoms with Gasteiger partial charge in [-0.25, -0.2) is 0 Å². The number of nitrogens with zero attached hydrogens (tertiary/aromatic N) is 2. The van der Waals surface area contributed by atoms with Gasteiger partial charge in [-0.15, -0.1) is 0 Å². The van der Waals surface area contributed by atoms with Crippen molar-refractivity contribution in [3.05, 3.63) is 29.6 Å². The van der Waals surface area contributed by atoms with Gasteiger partial charge in [-0.3, -0.25) is 14.6 Å². The van der Waals surface area contributed by atoms with Crippen molar-refractivity contribution < 1.29 is 9.59 Å². The molecule has 1 aromatic heterocycles. The minimum atomic E-state index is -0.362. The highest BCUT2D eigenvalue weighted by molar-refractivity contribution is 5.98. The number of carbonyl (C=O) groups excluding carboxylic acids is 2. The minimum Gasteiger partial charge on any atom is -0.347 e. The van der Waals surface area contributed by atoms with Crippen LogP contribution in [-0.2, 0) is 4.79 Å². The first kappa shape index (κ1) is 14.7. The third kappa shape index (κ3) is 4.41. The van der Waals surface area contributed by atoms with E-state index in [2.05, 4.69) is 22.1 Å². The third-order valence-corrected chi connectivity index (χ3v) is 2.29. The molecule has 0 unspecified atom stereocenters. The van der Waals surface area contributed by atoms with Crippen LogP contribution < -0.4 is 11.1 Å². The maximum absolute atomic E-state index is 11.9. The minimum absolute atomic E-state index is 0.0576. The number of amides is 2. The summed E-state index contributed by atoms with van der Waals surface area (Å²) in [6.07, 6.45) is 2.99. The maximum Gasteiger partial charge on any atom is 0.253 e. The fourth-order valence-electron chi connectivity index (χ4n) is 1.25. The zero-order chi connectivity index (χ0) is 14.3. The van der Waals surface area contributed by atoms with Crippen molar-refractivity contribution in [3.63, 3.8) is 0 Å². The van der Waals surface area contributed by atoms with E-state index in [-0.39, 0.29) is 24.9 Å². The molecule has 6 nitrogen and oxygen atoms in total. The monoisotopic (exact) mass is 260 g/mol. The maximum atomic E-state index is 11.9. The lowest BCUT2D eigenvalue weighted by molar-refractivity contribution is -0.127. The Morgan fingerprint density at radius 2 is 2.21 bits per heavy atom. The van der Waals surface area contributed by atoms with Gasteiger partial charge in [-0.05, 0) is 6.07 Å². The van der Waals surface area contributed by atoms with E-state index < -0.39 is 0 Å². The lowest BCUT2D eigenvalue weighted by atomic mass is 10.1. The van der Waals surface area contributed by atoms with E-state index in [1.807, 2.05) is 0 Å². The first-order valence-corrected chi connectivity index (χ1v) is 5.67. The fourth-order valence-corrected chi connectivity index (χ4v) is 1.25. The van der Waals surface area contributed by atoms with Gasteiger partial charge in [-0.2, -0.15) is 0 Å². The normalized spacial score (nSPS) is 9.21. The lowest BCUT2D eigenvalue weighted by Gasteiger charge is -2.11. The molecular weight excluding hydrogens is 244 g/mol. The highest BCUT2D eigenvalue weighted by Crippen LogP contribution is 2.05. The smallest absolute Gasteiger partial charge is 0.253 e. The average Bonchev–Trinajstić information content (AvgIpc) is 2.42. The van der Waals surface area contributed by atoms with Crippen LogP contribution in [0.4, 0.5) is 0 Å². The number of rotatable bonds is 3. The number of nitrogens with one attached hydrogen (secondary N) is 1. The summed E-state index contributed by atoms with van der Waals surface area (Å²) < 4.78 is 0. The van der Waals surface area contributed by atoms with E-state index in [1.165, 1.54) is 17.3 Å². The van der Waals surface area contributed by atoms with Crippen molar-refractivity contribution in [3.8, 4) is 11.8 Å². The van der Waals surface area contributed by atoms with Gasteiger partial charge >= 0.3 is 0 Å². The molecule has 100 valence electrons. The SMILES string of the molecule is CN(C)C(=O)CNC(=O)c1ccncc1C#CCN. The van der Waals surface area contributed by atoms with E-state index in [4.69, 9.17) is 5.73 Å². The Kier molecular flexibility index (Phi) is 5.51. The summed E-state index contributed by atoms with van der Waals surface area (Å²) in [4.78, 5) is 28.6. The van der Waals surface area contributed by atoms with E-state index in [1.54, 1.807) is 20.2 Å². The molecule has 0 radical (unpaired) electrons. The number of hydrogen-bond donors (Lipinski definition) is 2. The second kappa shape index (κ2) is 7.13. The summed E-state index contributed by atoms with van der Waals surface area (Å²) in [5.74, 6) is 4.89. The van der Waals surface area contributed by atoms with Gasteiger partial charge in [0.25, 0.3) is 5.91 Å². The van der Waals surface area contributed by atoms with Gasteiger partial charge in [0.2, 0.25) is 5.91 Å². The quantitative estimate of drug-likeness (QED) is 0.697. The molecule has 0 aliphatic rings. The molecular formula is C13H16N4O2. The Balaban J connectivity index is 2.80. The molecule has 2 amide bonds. The number of hydrogen-bond acceptors (Lipinski definition) is 4. The van der Waals surface area contributed by atoms with Crippen LogP contribution in [0.25, 0.3) is 0 Å². The molecule has 3 N–H and O–H groups in total. The first-order valence-electron chi connectivity index (χ1n) is 5.67. The Morgan fingerprint density at radius 1 is 1.47 bits per heavy atom. The standard InChI is InChI=1S/C13H16N4O2/c1-17(2)12(18)9-16-13(19)11-5-7-15-8-10(11)4-3-6-14/h5,7-8H,6,9,14H2,1-2H3,(H,16,19). The Hall–Kier alpha value is -2.39. The first-order chi connectivity index (χ1) is 9.06. The fraction of sp³-hybridized carbons (Fsp3) is 0.308. The summed E-state index contributed by atoms with van der Waals surface area (Å²) in [5, 5.41) is 2.54. The molecule has 0 atom stereocenters. The largest absolute Gasteiger partial charge is 0.347 e. The van der Waals surface area contributed by atoms with E-state index in [0.717, 1.165) is 0 Å². The van der Waals surface area contributed by atoms with Crippen LogP contribution in [0.15, 0.2) is 18.5 Å². The van der Waals surface area contributed by atoms with Gasteiger partial charge in [0, 0.05) is 26.5 Å². The lowest BCUT2D eigenvalue weighted by Crippen LogP contribution is -2.36. The van der Waals surface area contributed by atoms with E-state index >= 15 is 0 Å². The number of carbonyl (C=O) groups is 2. The zero-order valence-corrected chi connectivity index (χ0v) is 10.9. The molecule has 19 heavy (non-hydrogen) atoms. The molecule has 1 heterocycles. The molecule has 1 rings (SSSR count). The number of pyridine rings is 1. The van der Waals surface area contributed by atoms with Gasteiger partial charge in [0.05, 0.1) is 24.2 Å². The van der Waals surface area contributed by atoms with Crippen LogP contribution in [0, 0.1) is 11.8 Å². The van der Waals surface area contributed by atoms with Crippen LogP contribution in [-0.4, -0.2) is 48.9 Å². The number of nitrogens with two attached hydrogens (primary N) is 1. The summed E-state index contributed by atoms with van der Waals surface area (Å²) in [5.41, 5.74) is 6.16. The van der Waals surface area contributed by atoms with Gasteiger partial charge in [-0.1, -0.05) is 11.8 Å². The van der Waals surface area contributed by atoms with Crippen LogP contribution in [0.2, 0.25) is 0 Å². The molecule has 0 bridgehead atoms. The van der Waals surface area contributed by atoms with Crippen molar-refractivity contribution in [2.75, 3.05) is 27.2 Å². The van der Waals surface area contributed by atoms with Gasteiger partial charge in [0.1, 0.15) is 0 Å². The highest BCUT2D eigenvalue weighted by atomic mass is 16.2. The second-order valence-corrected chi connectivity index (χ2v) is 3.90. The number of aromatic nitrogens is 1. The predicted molar refractivity (Wildman–Crippen MR) is 71.2 cm³/mol.